The summed E-state index contributed by atoms with van der Waals surface area (Å²) in [7, 11) is 0. The Kier molecular flexibility index (Phi) is 8.52. The zero-order valence-electron chi connectivity index (χ0n) is 23.6. The van der Waals surface area contributed by atoms with Crippen LogP contribution in [0.25, 0.3) is 0 Å². The Balaban J connectivity index is 1.04. The number of carbonyl (C=O) groups is 1. The average molecular weight is 588 g/mol. The molecule has 1 amide bonds. The van der Waals surface area contributed by atoms with Crippen LogP contribution in [0.2, 0.25) is 5.02 Å². The molecule has 2 aromatic carbocycles. The minimum atomic E-state index is -0.0874. The highest BCUT2D eigenvalue weighted by Crippen LogP contribution is 2.35. The second kappa shape index (κ2) is 12.8. The quantitative estimate of drug-likeness (QED) is 0.275. The fourth-order valence-electron chi connectivity index (χ4n) is 5.54. The minimum absolute atomic E-state index is 0.0874. The highest BCUT2D eigenvalue weighted by molar-refractivity contribution is 6.30. The van der Waals surface area contributed by atoms with Crippen molar-refractivity contribution in [3.05, 3.63) is 89.2 Å². The van der Waals surface area contributed by atoms with Crippen LogP contribution in [-0.4, -0.2) is 76.6 Å². The van der Waals surface area contributed by atoms with Crippen LogP contribution < -0.4 is 15.0 Å². The summed E-state index contributed by atoms with van der Waals surface area (Å²) in [6, 6.07) is 17.1. The van der Waals surface area contributed by atoms with E-state index in [1.165, 1.54) is 6.20 Å². The fraction of sp³-hybridized carbons (Fsp3) is 0.355. The van der Waals surface area contributed by atoms with Crippen LogP contribution in [0.3, 0.4) is 0 Å². The van der Waals surface area contributed by atoms with E-state index in [0.29, 0.717) is 29.6 Å². The molecule has 1 saturated heterocycles. The molecule has 0 aliphatic carbocycles. The normalized spacial score (nSPS) is 17.1. The predicted octanol–water partition coefficient (Wildman–Crippen LogP) is 5.43. The molecule has 0 radical (unpaired) electrons. The second-order valence-electron chi connectivity index (χ2n) is 10.6. The molecule has 6 rings (SSSR count). The molecule has 218 valence electrons. The number of nitrogens with one attached hydrogen (secondary N) is 1. The van der Waals surface area contributed by atoms with Gasteiger partial charge in [0.2, 0.25) is 5.76 Å². The van der Waals surface area contributed by atoms with Gasteiger partial charge in [0, 0.05) is 73.9 Å². The molecule has 0 spiro atoms. The van der Waals surface area contributed by atoms with Gasteiger partial charge in [0.25, 0.3) is 5.91 Å². The molecule has 1 N–H and O–H groups in total. The van der Waals surface area contributed by atoms with Crippen LogP contribution in [0, 0.1) is 6.92 Å². The van der Waals surface area contributed by atoms with Gasteiger partial charge in [0.05, 0.1) is 12.2 Å². The van der Waals surface area contributed by atoms with Crippen LogP contribution in [-0.2, 0) is 0 Å². The standard InChI is InChI=1S/C31H34ClN7O3/c1-22-33-21-27-28(36-24-6-3-8-26(20-24)41-25-7-2-5-23(32)19-25)10-14-38(30(27)35-22)13-4-12-37-15-17-39(18-16-37)31(40)29-9-11-34-42-29/h2-3,5-9,11,19-21,28,36H,4,10,12-18H2,1H3. The van der Waals surface area contributed by atoms with E-state index in [1.807, 2.05) is 60.5 Å². The molecule has 4 heterocycles. The maximum atomic E-state index is 12.5. The third-order valence-corrected chi connectivity index (χ3v) is 7.93. The summed E-state index contributed by atoms with van der Waals surface area (Å²) in [5.74, 6) is 3.42. The Labute approximate surface area is 250 Å². The van der Waals surface area contributed by atoms with Crippen LogP contribution in [0.15, 0.2) is 71.5 Å². The van der Waals surface area contributed by atoms with Gasteiger partial charge in [-0.25, -0.2) is 9.97 Å². The zero-order valence-corrected chi connectivity index (χ0v) is 24.3. The molecule has 1 atom stereocenters. The van der Waals surface area contributed by atoms with E-state index in [4.69, 9.17) is 25.8 Å². The van der Waals surface area contributed by atoms with E-state index in [0.717, 1.165) is 74.2 Å². The van der Waals surface area contributed by atoms with Gasteiger partial charge in [0.15, 0.2) is 0 Å². The molecule has 42 heavy (non-hydrogen) atoms. The van der Waals surface area contributed by atoms with Gasteiger partial charge in [-0.05, 0) is 56.6 Å². The summed E-state index contributed by atoms with van der Waals surface area (Å²) in [5, 5.41) is 7.96. The smallest absolute Gasteiger partial charge is 0.292 e. The maximum Gasteiger partial charge on any atom is 0.292 e. The Morgan fingerprint density at radius 1 is 1.05 bits per heavy atom. The number of aryl methyl sites for hydroxylation is 1. The van der Waals surface area contributed by atoms with Crippen molar-refractivity contribution in [3.8, 4) is 11.5 Å². The van der Waals surface area contributed by atoms with E-state index in [-0.39, 0.29) is 11.9 Å². The van der Waals surface area contributed by atoms with Crippen molar-refractivity contribution in [1.29, 1.82) is 0 Å². The van der Waals surface area contributed by atoms with Crippen molar-refractivity contribution in [2.75, 3.05) is 56.0 Å². The Hall–Kier alpha value is -4.15. The van der Waals surface area contributed by atoms with Crippen molar-refractivity contribution >= 4 is 29.0 Å². The number of hydrogen-bond acceptors (Lipinski definition) is 9. The van der Waals surface area contributed by atoms with Gasteiger partial charge < -0.3 is 24.4 Å². The number of anilines is 2. The van der Waals surface area contributed by atoms with Crippen molar-refractivity contribution in [3.63, 3.8) is 0 Å². The molecule has 2 aromatic heterocycles. The first kappa shape index (κ1) is 28.0. The number of nitrogens with zero attached hydrogens (tertiary/aromatic N) is 6. The number of amides is 1. The van der Waals surface area contributed by atoms with Gasteiger partial charge >= 0.3 is 0 Å². The number of benzene rings is 2. The molecular weight excluding hydrogens is 554 g/mol. The molecule has 10 nitrogen and oxygen atoms in total. The molecule has 1 unspecified atom stereocenters. The zero-order chi connectivity index (χ0) is 28.9. The lowest BCUT2D eigenvalue weighted by Crippen LogP contribution is -2.49. The van der Waals surface area contributed by atoms with Gasteiger partial charge in [0.1, 0.15) is 23.1 Å². The number of hydrogen-bond donors (Lipinski definition) is 1. The number of aromatic nitrogens is 3. The predicted molar refractivity (Wildman–Crippen MR) is 161 cm³/mol. The van der Waals surface area contributed by atoms with Crippen molar-refractivity contribution < 1.29 is 14.1 Å². The van der Waals surface area contributed by atoms with Gasteiger partial charge in [-0.15, -0.1) is 0 Å². The van der Waals surface area contributed by atoms with Crippen LogP contribution >= 0.6 is 11.6 Å². The number of halogens is 1. The Morgan fingerprint density at radius 2 is 1.86 bits per heavy atom. The van der Waals surface area contributed by atoms with E-state index >= 15 is 0 Å². The summed E-state index contributed by atoms with van der Waals surface area (Å²) >= 11 is 6.12. The second-order valence-corrected chi connectivity index (χ2v) is 11.1. The molecule has 2 aliphatic heterocycles. The average Bonchev–Trinajstić information content (AvgIpc) is 3.54. The third kappa shape index (κ3) is 6.66. The van der Waals surface area contributed by atoms with E-state index in [9.17, 15) is 4.79 Å². The highest BCUT2D eigenvalue weighted by atomic mass is 35.5. The first-order chi connectivity index (χ1) is 20.5. The number of piperazine rings is 1. The lowest BCUT2D eigenvalue weighted by molar-refractivity contribution is 0.0596. The van der Waals surface area contributed by atoms with Gasteiger partial charge in [-0.2, -0.15) is 0 Å². The summed E-state index contributed by atoms with van der Waals surface area (Å²) < 4.78 is 11.1. The number of fused-ring (bicyclic) bond motifs is 1. The monoisotopic (exact) mass is 587 g/mol. The van der Waals surface area contributed by atoms with E-state index < -0.39 is 0 Å². The van der Waals surface area contributed by atoms with Crippen molar-refractivity contribution in [2.45, 2.75) is 25.8 Å². The summed E-state index contributed by atoms with van der Waals surface area (Å²) in [6.07, 6.45) is 5.41. The minimum Gasteiger partial charge on any atom is -0.457 e. The SMILES string of the molecule is Cc1ncc2c(n1)N(CCCN1CCN(C(=O)c3ccno3)CC1)CCC2Nc1cccc(Oc2cccc(Cl)c2)c1. The first-order valence-electron chi connectivity index (χ1n) is 14.3. The summed E-state index contributed by atoms with van der Waals surface area (Å²) in [5.41, 5.74) is 2.08. The maximum absolute atomic E-state index is 12.5. The largest absolute Gasteiger partial charge is 0.457 e. The Morgan fingerprint density at radius 3 is 2.64 bits per heavy atom. The first-order valence-corrected chi connectivity index (χ1v) is 14.7. The Bertz CT molecular complexity index is 1510. The number of ether oxygens (including phenoxy) is 1. The molecular formula is C31H34ClN7O3. The number of rotatable bonds is 9. The molecule has 4 aromatic rings. The lowest BCUT2D eigenvalue weighted by atomic mass is 10.00. The van der Waals surface area contributed by atoms with Crippen LogP contribution in [0.1, 0.15) is 40.8 Å². The van der Waals surface area contributed by atoms with E-state index in [1.54, 1.807) is 12.1 Å². The van der Waals surface area contributed by atoms with Crippen molar-refractivity contribution in [1.82, 2.24) is 24.9 Å². The third-order valence-electron chi connectivity index (χ3n) is 7.70. The van der Waals surface area contributed by atoms with Gasteiger partial charge in [-0.1, -0.05) is 28.9 Å². The summed E-state index contributed by atoms with van der Waals surface area (Å²) in [4.78, 5) is 28.5. The molecule has 11 heteroatoms. The van der Waals surface area contributed by atoms with E-state index in [2.05, 4.69) is 25.3 Å². The van der Waals surface area contributed by atoms with Crippen LogP contribution in [0.4, 0.5) is 11.5 Å². The molecule has 0 saturated carbocycles. The summed E-state index contributed by atoms with van der Waals surface area (Å²) in [6.45, 7) is 7.81. The lowest BCUT2D eigenvalue weighted by Gasteiger charge is -2.37. The number of carbonyl (C=O) groups excluding carboxylic acids is 1. The van der Waals surface area contributed by atoms with Gasteiger partial charge in [-0.3, -0.25) is 9.69 Å². The topological polar surface area (TPSA) is 99.9 Å². The highest BCUT2D eigenvalue weighted by Gasteiger charge is 2.28. The molecule has 1 fully saturated rings. The van der Waals surface area contributed by atoms with Crippen molar-refractivity contribution in [2.24, 2.45) is 0 Å². The molecule has 0 bridgehead atoms. The van der Waals surface area contributed by atoms with Crippen LogP contribution in [0.5, 0.6) is 11.5 Å². The molecule has 2 aliphatic rings. The fourth-order valence-corrected chi connectivity index (χ4v) is 5.72.